The average molecular weight is 279 g/mol. The summed E-state index contributed by atoms with van der Waals surface area (Å²) >= 11 is 0. The van der Waals surface area contributed by atoms with E-state index in [0.29, 0.717) is 18.8 Å². The molecule has 0 fully saturated rings. The monoisotopic (exact) mass is 279 g/mol. The summed E-state index contributed by atoms with van der Waals surface area (Å²) < 4.78 is 0. The number of anilines is 2. The predicted molar refractivity (Wildman–Crippen MR) is 84.8 cm³/mol. The Morgan fingerprint density at radius 1 is 1.14 bits per heavy atom. The van der Waals surface area contributed by atoms with Crippen molar-refractivity contribution < 1.29 is 4.79 Å². The van der Waals surface area contributed by atoms with Crippen LogP contribution >= 0.6 is 0 Å². The number of H-pyrrole nitrogens is 1. The first kappa shape index (κ1) is 13.4. The van der Waals surface area contributed by atoms with Crippen LogP contribution in [0.1, 0.15) is 18.9 Å². The van der Waals surface area contributed by atoms with E-state index in [1.807, 2.05) is 55.5 Å². The van der Waals surface area contributed by atoms with Crippen LogP contribution in [-0.2, 0) is 11.2 Å². The molecule has 1 heterocycles. The molecule has 0 saturated carbocycles. The van der Waals surface area contributed by atoms with E-state index in [0.717, 1.165) is 22.3 Å². The van der Waals surface area contributed by atoms with Crippen molar-refractivity contribution in [3.63, 3.8) is 0 Å². The lowest BCUT2D eigenvalue weighted by atomic mass is 10.1. The van der Waals surface area contributed by atoms with Gasteiger partial charge >= 0.3 is 0 Å². The molecule has 4 nitrogen and oxygen atoms in total. The molecule has 1 aromatic heterocycles. The standard InChI is InChI=1S/C17H17N3O/c1-2-14(21)11-12-7-9-13(10-8-12)18-17-19-15-5-3-4-6-16(15)20-17/h3-10H,2,11H2,1H3,(H2,18,19,20). The number of hydrogen-bond donors (Lipinski definition) is 2. The van der Waals surface area contributed by atoms with Gasteiger partial charge in [-0.25, -0.2) is 4.98 Å². The lowest BCUT2D eigenvalue weighted by molar-refractivity contribution is -0.118. The highest BCUT2D eigenvalue weighted by molar-refractivity contribution is 5.81. The van der Waals surface area contributed by atoms with Crippen LogP contribution in [0.3, 0.4) is 0 Å². The highest BCUT2D eigenvalue weighted by Gasteiger charge is 2.03. The molecule has 0 radical (unpaired) electrons. The van der Waals surface area contributed by atoms with Crippen molar-refractivity contribution in [2.45, 2.75) is 19.8 Å². The van der Waals surface area contributed by atoms with Crippen molar-refractivity contribution in [1.82, 2.24) is 9.97 Å². The summed E-state index contributed by atoms with van der Waals surface area (Å²) in [6.45, 7) is 1.89. The van der Waals surface area contributed by atoms with Gasteiger partial charge in [0.15, 0.2) is 0 Å². The number of fused-ring (bicyclic) bond motifs is 1. The number of nitrogens with one attached hydrogen (secondary N) is 2. The molecule has 0 amide bonds. The number of ketones is 1. The summed E-state index contributed by atoms with van der Waals surface area (Å²) in [5.41, 5.74) is 3.93. The first-order chi connectivity index (χ1) is 10.2. The number of carbonyl (C=O) groups excluding carboxylic acids is 1. The van der Waals surface area contributed by atoms with Crippen LogP contribution in [0.15, 0.2) is 48.5 Å². The first-order valence-corrected chi connectivity index (χ1v) is 7.07. The Hall–Kier alpha value is -2.62. The van der Waals surface area contributed by atoms with E-state index >= 15 is 0 Å². The lowest BCUT2D eigenvalue weighted by Crippen LogP contribution is -2.00. The van der Waals surface area contributed by atoms with Crippen molar-refractivity contribution in [3.05, 3.63) is 54.1 Å². The largest absolute Gasteiger partial charge is 0.326 e. The molecule has 0 bridgehead atoms. The Balaban J connectivity index is 1.74. The van der Waals surface area contributed by atoms with Crippen LogP contribution in [0, 0.1) is 0 Å². The average Bonchev–Trinajstić information content (AvgIpc) is 2.91. The minimum atomic E-state index is 0.257. The quantitative estimate of drug-likeness (QED) is 0.746. The van der Waals surface area contributed by atoms with Gasteiger partial charge in [0.25, 0.3) is 0 Å². The van der Waals surface area contributed by atoms with Crippen LogP contribution in [0.4, 0.5) is 11.6 Å². The van der Waals surface area contributed by atoms with Crippen molar-refractivity contribution in [1.29, 1.82) is 0 Å². The molecular weight excluding hydrogens is 262 g/mol. The van der Waals surface area contributed by atoms with E-state index in [1.54, 1.807) is 0 Å². The van der Waals surface area contributed by atoms with Gasteiger partial charge in [0.2, 0.25) is 5.95 Å². The molecule has 0 aliphatic rings. The molecule has 3 aromatic rings. The second-order valence-corrected chi connectivity index (χ2v) is 4.99. The fraction of sp³-hybridized carbons (Fsp3) is 0.176. The van der Waals surface area contributed by atoms with Gasteiger partial charge in [-0.2, -0.15) is 0 Å². The third-order valence-corrected chi connectivity index (χ3v) is 3.40. The van der Waals surface area contributed by atoms with Gasteiger partial charge in [-0.15, -0.1) is 0 Å². The summed E-state index contributed by atoms with van der Waals surface area (Å²) in [5, 5.41) is 3.24. The molecule has 0 aliphatic heterocycles. The van der Waals surface area contributed by atoms with Gasteiger partial charge in [-0.05, 0) is 29.8 Å². The number of Topliss-reactive ketones (excluding diaryl/α,β-unsaturated/α-hetero) is 1. The molecule has 2 aromatic carbocycles. The second kappa shape index (κ2) is 5.79. The zero-order chi connectivity index (χ0) is 14.7. The molecular formula is C17H17N3O. The molecule has 0 atom stereocenters. The fourth-order valence-electron chi connectivity index (χ4n) is 2.21. The number of aromatic nitrogens is 2. The summed E-state index contributed by atoms with van der Waals surface area (Å²) in [4.78, 5) is 19.1. The zero-order valence-electron chi connectivity index (χ0n) is 11.9. The van der Waals surface area contributed by atoms with Crippen LogP contribution in [-0.4, -0.2) is 15.8 Å². The van der Waals surface area contributed by atoms with Gasteiger partial charge in [0.05, 0.1) is 11.0 Å². The highest BCUT2D eigenvalue weighted by atomic mass is 16.1. The van der Waals surface area contributed by atoms with Crippen LogP contribution < -0.4 is 5.32 Å². The normalized spacial score (nSPS) is 10.7. The maximum Gasteiger partial charge on any atom is 0.205 e. The summed E-state index contributed by atoms with van der Waals surface area (Å²) in [6, 6.07) is 15.8. The SMILES string of the molecule is CCC(=O)Cc1ccc(Nc2nc3ccccc3[nH]2)cc1. The van der Waals surface area contributed by atoms with Gasteiger partial charge in [0.1, 0.15) is 5.78 Å². The van der Waals surface area contributed by atoms with E-state index in [1.165, 1.54) is 0 Å². The van der Waals surface area contributed by atoms with Gasteiger partial charge in [-0.1, -0.05) is 31.2 Å². The van der Waals surface area contributed by atoms with Gasteiger partial charge < -0.3 is 10.3 Å². The van der Waals surface area contributed by atoms with E-state index < -0.39 is 0 Å². The molecule has 3 rings (SSSR count). The van der Waals surface area contributed by atoms with Crippen molar-refractivity contribution in [2.24, 2.45) is 0 Å². The molecule has 2 N–H and O–H groups in total. The topological polar surface area (TPSA) is 57.8 Å². The summed E-state index contributed by atoms with van der Waals surface area (Å²) in [7, 11) is 0. The van der Waals surface area contributed by atoms with E-state index in [2.05, 4.69) is 15.3 Å². The minimum absolute atomic E-state index is 0.257. The maximum atomic E-state index is 11.4. The first-order valence-electron chi connectivity index (χ1n) is 7.07. The van der Waals surface area contributed by atoms with Crippen molar-refractivity contribution in [3.8, 4) is 0 Å². The second-order valence-electron chi connectivity index (χ2n) is 4.99. The zero-order valence-corrected chi connectivity index (χ0v) is 11.9. The summed E-state index contributed by atoms with van der Waals surface area (Å²) in [5.74, 6) is 0.974. The molecule has 21 heavy (non-hydrogen) atoms. The lowest BCUT2D eigenvalue weighted by Gasteiger charge is -2.04. The fourth-order valence-corrected chi connectivity index (χ4v) is 2.21. The number of carbonyl (C=O) groups is 1. The third-order valence-electron chi connectivity index (χ3n) is 3.40. The Kier molecular flexibility index (Phi) is 3.69. The molecule has 0 spiro atoms. The molecule has 0 unspecified atom stereocenters. The minimum Gasteiger partial charge on any atom is -0.326 e. The molecule has 0 aliphatic carbocycles. The van der Waals surface area contributed by atoms with Crippen molar-refractivity contribution >= 4 is 28.5 Å². The Labute approximate surface area is 123 Å². The molecule has 4 heteroatoms. The van der Waals surface area contributed by atoms with Crippen LogP contribution in [0.5, 0.6) is 0 Å². The third kappa shape index (κ3) is 3.11. The van der Waals surface area contributed by atoms with Gasteiger partial charge in [-0.3, -0.25) is 4.79 Å². The number of benzene rings is 2. The Bertz CT molecular complexity index is 726. The molecule has 106 valence electrons. The number of hydrogen-bond acceptors (Lipinski definition) is 3. The number of imidazole rings is 1. The van der Waals surface area contributed by atoms with Crippen LogP contribution in [0.2, 0.25) is 0 Å². The number of nitrogens with zero attached hydrogens (tertiary/aromatic N) is 1. The molecule has 0 saturated heterocycles. The Morgan fingerprint density at radius 2 is 1.90 bits per heavy atom. The smallest absolute Gasteiger partial charge is 0.205 e. The van der Waals surface area contributed by atoms with Crippen LogP contribution in [0.25, 0.3) is 11.0 Å². The number of para-hydroxylation sites is 2. The van der Waals surface area contributed by atoms with Gasteiger partial charge in [0, 0.05) is 18.5 Å². The maximum absolute atomic E-state index is 11.4. The predicted octanol–water partition coefficient (Wildman–Crippen LogP) is 3.83. The summed E-state index contributed by atoms with van der Waals surface area (Å²) in [6.07, 6.45) is 1.08. The van der Waals surface area contributed by atoms with E-state index in [-0.39, 0.29) is 5.78 Å². The van der Waals surface area contributed by atoms with E-state index in [9.17, 15) is 4.79 Å². The number of rotatable bonds is 5. The van der Waals surface area contributed by atoms with Crippen molar-refractivity contribution in [2.75, 3.05) is 5.32 Å². The van der Waals surface area contributed by atoms with E-state index in [4.69, 9.17) is 0 Å². The Morgan fingerprint density at radius 3 is 2.62 bits per heavy atom. The highest BCUT2D eigenvalue weighted by Crippen LogP contribution is 2.18. The number of aromatic amines is 1.